The summed E-state index contributed by atoms with van der Waals surface area (Å²) in [5.41, 5.74) is 4.38. The summed E-state index contributed by atoms with van der Waals surface area (Å²) in [5.74, 6) is 0.613. The Morgan fingerprint density at radius 3 is 2.87 bits per heavy atom. The van der Waals surface area contributed by atoms with Crippen LogP contribution in [0.4, 0.5) is 0 Å². The van der Waals surface area contributed by atoms with Crippen molar-refractivity contribution in [2.75, 3.05) is 0 Å². The molecule has 120 valence electrons. The Kier molecular flexibility index (Phi) is 4.14. The van der Waals surface area contributed by atoms with Gasteiger partial charge < -0.3 is 10.3 Å². The van der Waals surface area contributed by atoms with E-state index in [1.54, 1.807) is 10.9 Å². The van der Waals surface area contributed by atoms with Crippen LogP contribution >= 0.6 is 0 Å². The van der Waals surface area contributed by atoms with E-state index in [4.69, 9.17) is 0 Å². The molecular weight excluding hydrogens is 290 g/mol. The van der Waals surface area contributed by atoms with E-state index in [0.29, 0.717) is 13.1 Å². The normalized spacial score (nSPS) is 12.5. The largest absolute Gasteiger partial charge is 0.349 e. The Balaban J connectivity index is 1.62. The van der Waals surface area contributed by atoms with Crippen molar-refractivity contribution >= 4 is 16.9 Å². The molecule has 0 spiro atoms. The fraction of sp³-hybridized carbons (Fsp3) is 0.353. The molecule has 0 aliphatic heterocycles. The maximum atomic E-state index is 12.2. The maximum Gasteiger partial charge on any atom is 0.225 e. The summed E-state index contributed by atoms with van der Waals surface area (Å²) in [6, 6.07) is 6.00. The van der Waals surface area contributed by atoms with Crippen molar-refractivity contribution in [3.05, 3.63) is 47.5 Å². The van der Waals surface area contributed by atoms with Gasteiger partial charge in [-0.15, -0.1) is 0 Å². The smallest absolute Gasteiger partial charge is 0.225 e. The van der Waals surface area contributed by atoms with Crippen molar-refractivity contribution in [3.63, 3.8) is 0 Å². The average Bonchev–Trinajstić information content (AvgIpc) is 3.14. The highest BCUT2D eigenvalue weighted by Gasteiger charge is 2.14. The van der Waals surface area contributed by atoms with Crippen LogP contribution in [0.15, 0.2) is 30.6 Å². The molecule has 2 N–H and O–H groups in total. The van der Waals surface area contributed by atoms with Crippen LogP contribution in [-0.4, -0.2) is 25.7 Å². The van der Waals surface area contributed by atoms with E-state index in [1.807, 2.05) is 19.2 Å². The number of hydrogen-bond acceptors (Lipinski definition) is 3. The van der Waals surface area contributed by atoms with Crippen LogP contribution < -0.4 is 5.32 Å². The Labute approximate surface area is 134 Å². The average molecular weight is 311 g/mol. The van der Waals surface area contributed by atoms with Crippen LogP contribution in [0.1, 0.15) is 23.9 Å². The van der Waals surface area contributed by atoms with Gasteiger partial charge in [0.05, 0.1) is 30.0 Å². The summed E-state index contributed by atoms with van der Waals surface area (Å²) < 4.78 is 1.76. The van der Waals surface area contributed by atoms with Crippen LogP contribution in [0.5, 0.6) is 0 Å². The summed E-state index contributed by atoms with van der Waals surface area (Å²) in [5, 5.41) is 7.05. The van der Waals surface area contributed by atoms with E-state index in [1.165, 1.54) is 11.1 Å². The monoisotopic (exact) mass is 311 g/mol. The summed E-state index contributed by atoms with van der Waals surface area (Å²) in [6.45, 7) is 7.00. The number of carbonyl (C=O) groups is 1. The summed E-state index contributed by atoms with van der Waals surface area (Å²) >= 11 is 0. The number of imidazole rings is 1. The SMILES string of the molecule is Cc1cc2nc(CNC(=O)C(C)Cn3cccn3)[nH]c2cc1C. The first-order valence-corrected chi connectivity index (χ1v) is 7.74. The molecule has 3 rings (SSSR count). The molecule has 2 aromatic heterocycles. The van der Waals surface area contributed by atoms with Crippen molar-refractivity contribution < 1.29 is 4.79 Å². The number of carbonyl (C=O) groups excluding carboxylic acids is 1. The van der Waals surface area contributed by atoms with Crippen molar-refractivity contribution in [2.24, 2.45) is 5.92 Å². The second kappa shape index (κ2) is 6.24. The first-order chi connectivity index (χ1) is 11.0. The van der Waals surface area contributed by atoms with E-state index in [0.717, 1.165) is 16.9 Å². The highest BCUT2D eigenvalue weighted by Crippen LogP contribution is 2.17. The van der Waals surface area contributed by atoms with E-state index in [-0.39, 0.29) is 11.8 Å². The molecule has 0 aliphatic carbocycles. The molecule has 1 unspecified atom stereocenters. The highest BCUT2D eigenvalue weighted by molar-refractivity contribution is 5.79. The Bertz CT molecular complexity index is 780. The van der Waals surface area contributed by atoms with Gasteiger partial charge in [-0.1, -0.05) is 6.92 Å². The summed E-state index contributed by atoms with van der Waals surface area (Å²) in [6.07, 6.45) is 3.57. The van der Waals surface area contributed by atoms with Gasteiger partial charge in [0, 0.05) is 12.4 Å². The number of nitrogens with zero attached hydrogens (tertiary/aromatic N) is 3. The molecule has 1 atom stereocenters. The number of amides is 1. The van der Waals surface area contributed by atoms with Crippen LogP contribution in [0.2, 0.25) is 0 Å². The van der Waals surface area contributed by atoms with Crippen LogP contribution in [-0.2, 0) is 17.9 Å². The minimum absolute atomic E-state index is 0.00619. The highest BCUT2D eigenvalue weighted by atomic mass is 16.1. The van der Waals surface area contributed by atoms with E-state index in [9.17, 15) is 4.79 Å². The van der Waals surface area contributed by atoms with Crippen LogP contribution in [0.3, 0.4) is 0 Å². The third kappa shape index (κ3) is 3.41. The van der Waals surface area contributed by atoms with E-state index in [2.05, 4.69) is 46.4 Å². The van der Waals surface area contributed by atoms with Crippen molar-refractivity contribution in [1.82, 2.24) is 25.1 Å². The topological polar surface area (TPSA) is 75.6 Å². The summed E-state index contributed by atoms with van der Waals surface area (Å²) in [7, 11) is 0. The predicted molar refractivity (Wildman–Crippen MR) is 88.8 cm³/mol. The fourth-order valence-corrected chi connectivity index (χ4v) is 2.52. The molecule has 1 aromatic carbocycles. The van der Waals surface area contributed by atoms with Gasteiger partial charge in [-0.05, 0) is 43.2 Å². The number of benzene rings is 1. The number of H-pyrrole nitrogens is 1. The van der Waals surface area contributed by atoms with Gasteiger partial charge in [-0.2, -0.15) is 5.10 Å². The molecular formula is C17H21N5O. The zero-order valence-electron chi connectivity index (χ0n) is 13.6. The first kappa shape index (κ1) is 15.3. The van der Waals surface area contributed by atoms with Crippen molar-refractivity contribution in [3.8, 4) is 0 Å². The Morgan fingerprint density at radius 2 is 2.13 bits per heavy atom. The first-order valence-electron chi connectivity index (χ1n) is 7.74. The number of fused-ring (bicyclic) bond motifs is 1. The lowest BCUT2D eigenvalue weighted by atomic mass is 10.1. The molecule has 0 radical (unpaired) electrons. The quantitative estimate of drug-likeness (QED) is 0.759. The number of aromatic amines is 1. The molecule has 6 heteroatoms. The number of aryl methyl sites for hydroxylation is 2. The van der Waals surface area contributed by atoms with Crippen molar-refractivity contribution in [2.45, 2.75) is 33.9 Å². The lowest BCUT2D eigenvalue weighted by Gasteiger charge is -2.11. The molecule has 0 bridgehead atoms. The number of aromatic nitrogens is 4. The van der Waals surface area contributed by atoms with E-state index >= 15 is 0 Å². The predicted octanol–water partition coefficient (Wildman–Crippen LogP) is 2.33. The van der Waals surface area contributed by atoms with E-state index < -0.39 is 0 Å². The summed E-state index contributed by atoms with van der Waals surface area (Å²) in [4.78, 5) is 20.0. The third-order valence-electron chi connectivity index (χ3n) is 4.04. The fourth-order valence-electron chi connectivity index (χ4n) is 2.52. The van der Waals surface area contributed by atoms with Gasteiger partial charge in [-0.25, -0.2) is 4.98 Å². The molecule has 1 amide bonds. The number of nitrogens with one attached hydrogen (secondary N) is 2. The molecule has 3 aromatic rings. The zero-order chi connectivity index (χ0) is 16.4. The standard InChI is InChI=1S/C17H21N5O/c1-11-7-14-15(8-12(11)2)21-16(20-14)9-18-17(23)13(3)10-22-6-4-5-19-22/h4-8,13H,9-10H2,1-3H3,(H,18,23)(H,20,21). The van der Waals surface area contributed by atoms with Gasteiger partial charge in [0.25, 0.3) is 0 Å². The van der Waals surface area contributed by atoms with Gasteiger partial charge in [0.2, 0.25) is 5.91 Å². The number of rotatable bonds is 5. The molecule has 6 nitrogen and oxygen atoms in total. The maximum absolute atomic E-state index is 12.2. The molecule has 0 saturated heterocycles. The van der Waals surface area contributed by atoms with Gasteiger partial charge in [0.15, 0.2) is 0 Å². The van der Waals surface area contributed by atoms with Gasteiger partial charge in [-0.3, -0.25) is 9.48 Å². The minimum Gasteiger partial charge on any atom is -0.349 e. The lowest BCUT2D eigenvalue weighted by molar-refractivity contribution is -0.125. The second-order valence-corrected chi connectivity index (χ2v) is 5.98. The number of hydrogen-bond donors (Lipinski definition) is 2. The third-order valence-corrected chi connectivity index (χ3v) is 4.04. The van der Waals surface area contributed by atoms with Crippen molar-refractivity contribution in [1.29, 1.82) is 0 Å². The van der Waals surface area contributed by atoms with Gasteiger partial charge >= 0.3 is 0 Å². The molecule has 0 aliphatic rings. The van der Waals surface area contributed by atoms with Crippen LogP contribution in [0, 0.1) is 19.8 Å². The Morgan fingerprint density at radius 1 is 1.35 bits per heavy atom. The Hall–Kier alpha value is -2.63. The molecule has 0 saturated carbocycles. The second-order valence-electron chi connectivity index (χ2n) is 5.98. The lowest BCUT2D eigenvalue weighted by Crippen LogP contribution is -2.31. The minimum atomic E-state index is -0.149. The van der Waals surface area contributed by atoms with Gasteiger partial charge in [0.1, 0.15) is 5.82 Å². The molecule has 2 heterocycles. The zero-order valence-corrected chi connectivity index (χ0v) is 13.6. The molecule has 23 heavy (non-hydrogen) atoms. The van der Waals surface area contributed by atoms with Crippen LogP contribution in [0.25, 0.3) is 11.0 Å². The molecule has 0 fully saturated rings.